The molecule has 0 radical (unpaired) electrons. The van der Waals surface area contributed by atoms with Crippen LogP contribution in [0.25, 0.3) is 0 Å². The number of nitrogens with one attached hydrogen (secondary N) is 3. The Morgan fingerprint density at radius 1 is 1.07 bits per heavy atom. The molecule has 158 valence electrons. The van der Waals surface area contributed by atoms with Gasteiger partial charge in [-0.25, -0.2) is 4.79 Å². The van der Waals surface area contributed by atoms with Crippen LogP contribution >= 0.6 is 0 Å². The van der Waals surface area contributed by atoms with Gasteiger partial charge in [0.15, 0.2) is 0 Å². The predicted octanol–water partition coefficient (Wildman–Crippen LogP) is 3.37. The number of methoxy groups -OCH3 is 2. The maximum absolute atomic E-state index is 13.1. The largest absolute Gasteiger partial charge is 0.497 e. The molecule has 1 aliphatic rings. The van der Waals surface area contributed by atoms with Gasteiger partial charge in [-0.05, 0) is 50.2 Å². The summed E-state index contributed by atoms with van der Waals surface area (Å²) in [4.78, 5) is 25.3. The summed E-state index contributed by atoms with van der Waals surface area (Å²) in [7, 11) is 3.08. The topological polar surface area (TPSA) is 97.9 Å². The number of benzene rings is 2. The molecular formula is C22H25N3O5. The molecule has 0 spiro atoms. The minimum atomic E-state index is -0.692. The monoisotopic (exact) mass is 411 g/mol. The highest BCUT2D eigenvalue weighted by Gasteiger charge is 2.33. The molecule has 0 bridgehead atoms. The van der Waals surface area contributed by atoms with Gasteiger partial charge in [-0.2, -0.15) is 0 Å². The van der Waals surface area contributed by atoms with E-state index in [0.29, 0.717) is 40.6 Å². The Kier molecular flexibility index (Phi) is 6.46. The van der Waals surface area contributed by atoms with Crippen LogP contribution in [0.3, 0.4) is 0 Å². The van der Waals surface area contributed by atoms with Crippen LogP contribution in [0, 0.1) is 0 Å². The molecule has 1 atom stereocenters. The molecule has 0 aromatic heterocycles. The van der Waals surface area contributed by atoms with Crippen molar-refractivity contribution in [1.82, 2.24) is 10.6 Å². The lowest BCUT2D eigenvalue weighted by Crippen LogP contribution is -2.46. The first kappa shape index (κ1) is 21.0. The highest BCUT2D eigenvalue weighted by atomic mass is 16.5. The molecule has 0 saturated carbocycles. The Morgan fingerprint density at radius 3 is 2.40 bits per heavy atom. The van der Waals surface area contributed by atoms with E-state index in [9.17, 15) is 9.59 Å². The van der Waals surface area contributed by atoms with Crippen molar-refractivity contribution < 1.29 is 23.8 Å². The van der Waals surface area contributed by atoms with E-state index in [1.165, 1.54) is 7.11 Å². The molecule has 3 rings (SSSR count). The van der Waals surface area contributed by atoms with E-state index in [0.717, 1.165) is 5.75 Å². The van der Waals surface area contributed by atoms with Gasteiger partial charge in [-0.3, -0.25) is 4.79 Å². The third-order valence-electron chi connectivity index (χ3n) is 4.69. The summed E-state index contributed by atoms with van der Waals surface area (Å²) in [6.07, 6.45) is 0. The number of anilines is 1. The first-order chi connectivity index (χ1) is 14.5. The second kappa shape index (κ2) is 9.21. The molecule has 2 aromatic rings. The Hall–Kier alpha value is -3.68. The Labute approximate surface area is 175 Å². The van der Waals surface area contributed by atoms with Crippen LogP contribution in [-0.4, -0.2) is 32.8 Å². The van der Waals surface area contributed by atoms with Gasteiger partial charge in [0.2, 0.25) is 0 Å². The van der Waals surface area contributed by atoms with Gasteiger partial charge >= 0.3 is 6.03 Å². The highest BCUT2D eigenvalue weighted by molar-refractivity contribution is 6.06. The molecule has 0 aliphatic carbocycles. The number of hydrogen-bond acceptors (Lipinski definition) is 5. The quantitative estimate of drug-likeness (QED) is 0.649. The summed E-state index contributed by atoms with van der Waals surface area (Å²) in [5.74, 6) is 1.49. The number of urea groups is 1. The molecule has 8 nitrogen and oxygen atoms in total. The minimum absolute atomic E-state index is 0.341. The van der Waals surface area contributed by atoms with Crippen molar-refractivity contribution in [1.29, 1.82) is 0 Å². The van der Waals surface area contributed by atoms with Crippen molar-refractivity contribution in [2.24, 2.45) is 0 Å². The molecule has 0 saturated heterocycles. The van der Waals surface area contributed by atoms with Crippen LogP contribution in [-0.2, 0) is 4.79 Å². The van der Waals surface area contributed by atoms with Crippen LogP contribution in [0.15, 0.2) is 53.7 Å². The van der Waals surface area contributed by atoms with Crippen molar-refractivity contribution in [2.45, 2.75) is 19.9 Å². The van der Waals surface area contributed by atoms with Crippen LogP contribution in [0.2, 0.25) is 0 Å². The van der Waals surface area contributed by atoms with Gasteiger partial charge in [0.1, 0.15) is 17.2 Å². The van der Waals surface area contributed by atoms with E-state index in [1.54, 1.807) is 56.5 Å². The molecule has 30 heavy (non-hydrogen) atoms. The summed E-state index contributed by atoms with van der Waals surface area (Å²) in [5, 5.41) is 8.35. The standard InChI is InChI=1S/C22H25N3O5/c1-5-30-15-8-6-14(7-9-15)24-21(26)19-13(2)23-22(27)25-20(19)17-11-10-16(28-3)12-18(17)29-4/h6-12,20H,5H2,1-4H3,(H,24,26)(H2,23,25,27)/t20-/m0/s1. The van der Waals surface area contributed by atoms with E-state index < -0.39 is 12.1 Å². The molecule has 0 unspecified atom stereocenters. The van der Waals surface area contributed by atoms with Crippen LogP contribution in [0.5, 0.6) is 17.2 Å². The molecule has 8 heteroatoms. The van der Waals surface area contributed by atoms with Crippen molar-refractivity contribution in [3.63, 3.8) is 0 Å². The van der Waals surface area contributed by atoms with Crippen molar-refractivity contribution in [3.8, 4) is 17.2 Å². The first-order valence-electron chi connectivity index (χ1n) is 9.51. The zero-order chi connectivity index (χ0) is 21.7. The van der Waals surface area contributed by atoms with E-state index in [-0.39, 0.29) is 5.91 Å². The number of ether oxygens (including phenoxy) is 3. The molecule has 3 N–H and O–H groups in total. The maximum atomic E-state index is 13.1. The fraction of sp³-hybridized carbons (Fsp3) is 0.273. The van der Waals surface area contributed by atoms with Crippen LogP contribution in [0.1, 0.15) is 25.5 Å². The zero-order valence-corrected chi connectivity index (χ0v) is 17.4. The Balaban J connectivity index is 1.93. The van der Waals surface area contributed by atoms with E-state index >= 15 is 0 Å². The fourth-order valence-electron chi connectivity index (χ4n) is 3.28. The van der Waals surface area contributed by atoms with Gasteiger partial charge in [-0.15, -0.1) is 0 Å². The molecule has 1 aliphatic heterocycles. The van der Waals surface area contributed by atoms with E-state index in [2.05, 4.69) is 16.0 Å². The van der Waals surface area contributed by atoms with E-state index in [4.69, 9.17) is 14.2 Å². The summed E-state index contributed by atoms with van der Waals surface area (Å²) >= 11 is 0. The molecule has 2 aromatic carbocycles. The van der Waals surface area contributed by atoms with Gasteiger partial charge in [0.25, 0.3) is 5.91 Å². The molecule has 3 amide bonds. The predicted molar refractivity (Wildman–Crippen MR) is 113 cm³/mol. The average Bonchev–Trinajstić information content (AvgIpc) is 2.74. The lowest BCUT2D eigenvalue weighted by molar-refractivity contribution is -0.113. The molecule has 0 fully saturated rings. The number of allylic oxidation sites excluding steroid dienone is 1. The number of carbonyl (C=O) groups excluding carboxylic acids is 2. The minimum Gasteiger partial charge on any atom is -0.497 e. The number of rotatable bonds is 7. The van der Waals surface area contributed by atoms with Gasteiger partial charge < -0.3 is 30.2 Å². The number of hydrogen-bond donors (Lipinski definition) is 3. The normalized spacial score (nSPS) is 15.7. The Bertz CT molecular complexity index is 969. The van der Waals surface area contributed by atoms with Gasteiger partial charge in [0.05, 0.1) is 32.4 Å². The summed E-state index contributed by atoms with van der Waals surface area (Å²) in [6, 6.07) is 11.2. The molecule has 1 heterocycles. The maximum Gasteiger partial charge on any atom is 0.319 e. The first-order valence-corrected chi connectivity index (χ1v) is 9.51. The highest BCUT2D eigenvalue weighted by Crippen LogP contribution is 2.35. The molecular weight excluding hydrogens is 386 g/mol. The lowest BCUT2D eigenvalue weighted by atomic mass is 9.94. The van der Waals surface area contributed by atoms with Crippen LogP contribution < -0.4 is 30.2 Å². The SMILES string of the molecule is CCOc1ccc(NC(=O)C2=C(C)NC(=O)N[C@H]2c2ccc(OC)cc2OC)cc1. The third kappa shape index (κ3) is 4.48. The van der Waals surface area contributed by atoms with Crippen molar-refractivity contribution in [2.75, 3.05) is 26.1 Å². The zero-order valence-electron chi connectivity index (χ0n) is 17.4. The second-order valence-electron chi connectivity index (χ2n) is 6.59. The third-order valence-corrected chi connectivity index (χ3v) is 4.69. The average molecular weight is 411 g/mol. The summed E-state index contributed by atoms with van der Waals surface area (Å²) in [5.41, 5.74) is 2.10. The van der Waals surface area contributed by atoms with Crippen molar-refractivity contribution >= 4 is 17.6 Å². The second-order valence-corrected chi connectivity index (χ2v) is 6.59. The van der Waals surface area contributed by atoms with E-state index in [1.807, 2.05) is 6.92 Å². The van der Waals surface area contributed by atoms with Gasteiger partial charge in [0, 0.05) is 23.0 Å². The smallest absolute Gasteiger partial charge is 0.319 e. The number of amides is 3. The Morgan fingerprint density at radius 2 is 1.77 bits per heavy atom. The summed E-state index contributed by atoms with van der Waals surface area (Å²) in [6.45, 7) is 4.16. The van der Waals surface area contributed by atoms with Crippen LogP contribution in [0.4, 0.5) is 10.5 Å². The van der Waals surface area contributed by atoms with Crippen molar-refractivity contribution in [3.05, 3.63) is 59.3 Å². The fourth-order valence-corrected chi connectivity index (χ4v) is 3.28. The number of carbonyl (C=O) groups is 2. The lowest BCUT2D eigenvalue weighted by Gasteiger charge is -2.29. The summed E-state index contributed by atoms with van der Waals surface area (Å²) < 4.78 is 16.1. The van der Waals surface area contributed by atoms with Gasteiger partial charge in [-0.1, -0.05) is 0 Å².